The second-order valence-corrected chi connectivity index (χ2v) is 8.72. The Morgan fingerprint density at radius 2 is 1.25 bits per heavy atom. The standard InChI is InChI=1S/C27H21NO4/c1-14(29)15-11-12-21(32-2)20(13-15)28-26(30)24-22-16-7-3-4-8-17(16)23(25(24)27(28)31)19-10-6-5-9-18(19)22/h3-13,22-25H,1-2H3/t22?,23?,24-,25+. The lowest BCUT2D eigenvalue weighted by atomic mass is 9.55. The number of carbonyl (C=O) groups is 3. The van der Waals surface area contributed by atoms with Gasteiger partial charge in [-0.3, -0.25) is 14.4 Å². The summed E-state index contributed by atoms with van der Waals surface area (Å²) in [6.45, 7) is 1.46. The van der Waals surface area contributed by atoms with E-state index in [0.717, 1.165) is 22.3 Å². The molecule has 0 spiro atoms. The Morgan fingerprint density at radius 3 is 1.66 bits per heavy atom. The zero-order chi connectivity index (χ0) is 22.1. The fourth-order valence-corrected chi connectivity index (χ4v) is 6.00. The van der Waals surface area contributed by atoms with Crippen LogP contribution in [0.2, 0.25) is 0 Å². The maximum absolute atomic E-state index is 13.9. The lowest BCUT2D eigenvalue weighted by Crippen LogP contribution is -2.41. The molecule has 0 saturated carbocycles. The summed E-state index contributed by atoms with van der Waals surface area (Å²) in [5, 5.41) is 0. The van der Waals surface area contributed by atoms with Gasteiger partial charge in [0.15, 0.2) is 5.78 Å². The molecular formula is C27H21NO4. The Labute approximate surface area is 185 Å². The van der Waals surface area contributed by atoms with Crippen LogP contribution >= 0.6 is 0 Å². The Kier molecular flexibility index (Phi) is 3.94. The van der Waals surface area contributed by atoms with Crippen LogP contribution in [-0.4, -0.2) is 24.7 Å². The van der Waals surface area contributed by atoms with Crippen molar-refractivity contribution in [2.24, 2.45) is 11.8 Å². The molecule has 4 aliphatic rings. The van der Waals surface area contributed by atoms with E-state index in [4.69, 9.17) is 4.74 Å². The summed E-state index contributed by atoms with van der Waals surface area (Å²) in [6.07, 6.45) is 0. The second kappa shape index (κ2) is 6.63. The molecular weight excluding hydrogens is 402 g/mol. The second-order valence-electron chi connectivity index (χ2n) is 8.72. The Balaban J connectivity index is 1.56. The van der Waals surface area contributed by atoms with Crippen LogP contribution in [0.1, 0.15) is 51.4 Å². The molecule has 1 heterocycles. The van der Waals surface area contributed by atoms with Crippen LogP contribution in [0.15, 0.2) is 66.7 Å². The number of ether oxygens (including phenoxy) is 1. The maximum Gasteiger partial charge on any atom is 0.238 e. The fraction of sp³-hybridized carbons (Fsp3) is 0.222. The molecule has 3 aliphatic carbocycles. The van der Waals surface area contributed by atoms with Gasteiger partial charge in [0.25, 0.3) is 0 Å². The SMILES string of the molecule is COc1ccc(C(C)=O)cc1N1C(=O)[C@@H]2C3c4ccccc4C(c4ccccc43)[C@@H]2C1=O. The Hall–Kier alpha value is -3.73. The van der Waals surface area contributed by atoms with Crippen molar-refractivity contribution in [3.05, 3.63) is 94.5 Å². The Morgan fingerprint density at radius 1 is 0.781 bits per heavy atom. The summed E-state index contributed by atoms with van der Waals surface area (Å²) in [7, 11) is 1.50. The van der Waals surface area contributed by atoms with Crippen molar-refractivity contribution < 1.29 is 19.1 Å². The molecule has 32 heavy (non-hydrogen) atoms. The van der Waals surface area contributed by atoms with E-state index in [1.165, 1.54) is 18.9 Å². The van der Waals surface area contributed by atoms with Crippen LogP contribution in [0.3, 0.4) is 0 Å². The van der Waals surface area contributed by atoms with Crippen molar-refractivity contribution in [1.29, 1.82) is 0 Å². The van der Waals surface area contributed by atoms with Crippen molar-refractivity contribution in [3.8, 4) is 5.75 Å². The predicted octanol–water partition coefficient (Wildman–Crippen LogP) is 4.29. The van der Waals surface area contributed by atoms with Crippen LogP contribution in [0.5, 0.6) is 5.75 Å². The molecule has 0 N–H and O–H groups in total. The van der Waals surface area contributed by atoms with Crippen LogP contribution in [0.4, 0.5) is 5.69 Å². The van der Waals surface area contributed by atoms with Gasteiger partial charge in [-0.1, -0.05) is 48.5 Å². The first-order chi connectivity index (χ1) is 15.5. The first-order valence-corrected chi connectivity index (χ1v) is 10.8. The van der Waals surface area contributed by atoms with Crippen molar-refractivity contribution in [3.63, 3.8) is 0 Å². The predicted molar refractivity (Wildman–Crippen MR) is 119 cm³/mol. The molecule has 5 nitrogen and oxygen atoms in total. The molecule has 1 saturated heterocycles. The van der Waals surface area contributed by atoms with Crippen LogP contribution in [-0.2, 0) is 9.59 Å². The third kappa shape index (κ3) is 2.31. The van der Waals surface area contributed by atoms with Gasteiger partial charge < -0.3 is 4.74 Å². The highest BCUT2D eigenvalue weighted by molar-refractivity contribution is 6.24. The first kappa shape index (κ1) is 19.0. The summed E-state index contributed by atoms with van der Waals surface area (Å²) < 4.78 is 5.48. The molecule has 0 unspecified atom stereocenters. The molecule has 158 valence electrons. The van der Waals surface area contributed by atoms with E-state index in [0.29, 0.717) is 17.0 Å². The van der Waals surface area contributed by atoms with Crippen LogP contribution < -0.4 is 9.64 Å². The lowest BCUT2D eigenvalue weighted by Gasteiger charge is -2.45. The van der Waals surface area contributed by atoms with E-state index in [2.05, 4.69) is 24.3 Å². The van der Waals surface area contributed by atoms with Gasteiger partial charge in [0.1, 0.15) is 5.75 Å². The summed E-state index contributed by atoms with van der Waals surface area (Å²) in [4.78, 5) is 41.0. The highest BCUT2D eigenvalue weighted by atomic mass is 16.5. The van der Waals surface area contributed by atoms with Gasteiger partial charge in [0.05, 0.1) is 24.6 Å². The van der Waals surface area contributed by atoms with E-state index in [9.17, 15) is 14.4 Å². The molecule has 1 fully saturated rings. The molecule has 1 aliphatic heterocycles. The number of hydrogen-bond acceptors (Lipinski definition) is 4. The van der Waals surface area contributed by atoms with Crippen LogP contribution in [0, 0.1) is 11.8 Å². The lowest BCUT2D eigenvalue weighted by molar-refractivity contribution is -0.122. The minimum Gasteiger partial charge on any atom is -0.495 e. The van der Waals surface area contributed by atoms with E-state index in [-0.39, 0.29) is 29.4 Å². The monoisotopic (exact) mass is 423 g/mol. The van der Waals surface area contributed by atoms with Gasteiger partial charge in [-0.15, -0.1) is 0 Å². The molecule has 3 aromatic carbocycles. The Bertz CT molecular complexity index is 1210. The molecule has 3 aromatic rings. The van der Waals surface area contributed by atoms with E-state index in [1.54, 1.807) is 18.2 Å². The number of nitrogens with zero attached hydrogens (tertiary/aromatic N) is 1. The van der Waals surface area contributed by atoms with Gasteiger partial charge in [-0.2, -0.15) is 0 Å². The van der Waals surface area contributed by atoms with Gasteiger partial charge in [-0.05, 0) is 47.4 Å². The number of amides is 2. The minimum atomic E-state index is -0.469. The van der Waals surface area contributed by atoms with E-state index >= 15 is 0 Å². The molecule has 0 radical (unpaired) electrons. The average molecular weight is 423 g/mol. The van der Waals surface area contributed by atoms with Gasteiger partial charge >= 0.3 is 0 Å². The van der Waals surface area contributed by atoms with Gasteiger partial charge in [0.2, 0.25) is 11.8 Å². The van der Waals surface area contributed by atoms with Crippen molar-refractivity contribution in [1.82, 2.24) is 0 Å². The van der Waals surface area contributed by atoms with Crippen molar-refractivity contribution in [2.75, 3.05) is 12.0 Å². The average Bonchev–Trinajstić information content (AvgIpc) is 3.09. The number of methoxy groups -OCH3 is 1. The first-order valence-electron chi connectivity index (χ1n) is 10.8. The van der Waals surface area contributed by atoms with Crippen LogP contribution in [0.25, 0.3) is 0 Å². The number of ketones is 1. The summed E-state index contributed by atoms with van der Waals surface area (Å²) in [5.41, 5.74) is 5.30. The van der Waals surface area contributed by atoms with Gasteiger partial charge in [-0.25, -0.2) is 4.90 Å². The summed E-state index contributed by atoms with van der Waals surface area (Å²) in [5.74, 6) is -1.45. The van der Waals surface area contributed by atoms with Gasteiger partial charge in [0, 0.05) is 17.4 Å². The third-order valence-corrected chi connectivity index (χ3v) is 7.27. The highest BCUT2D eigenvalue weighted by Gasteiger charge is 2.62. The maximum atomic E-state index is 13.9. The van der Waals surface area contributed by atoms with Crippen molar-refractivity contribution in [2.45, 2.75) is 18.8 Å². The summed E-state index contributed by atoms with van der Waals surface area (Å²) in [6, 6.07) is 21.2. The van der Waals surface area contributed by atoms with Crippen molar-refractivity contribution >= 4 is 23.3 Å². The normalized spacial score (nSPS) is 24.8. The zero-order valence-corrected chi connectivity index (χ0v) is 17.7. The minimum absolute atomic E-state index is 0.134. The molecule has 0 aromatic heterocycles. The van der Waals surface area contributed by atoms with E-state index in [1.807, 2.05) is 24.3 Å². The fourth-order valence-electron chi connectivity index (χ4n) is 6.00. The number of benzene rings is 3. The molecule has 2 bridgehead atoms. The number of Topliss-reactive ketones (excluding diaryl/α,β-unsaturated/α-hetero) is 1. The number of anilines is 1. The molecule has 5 heteroatoms. The molecule has 7 rings (SSSR count). The number of hydrogen-bond donors (Lipinski definition) is 0. The summed E-state index contributed by atoms with van der Waals surface area (Å²) >= 11 is 0. The third-order valence-electron chi connectivity index (χ3n) is 7.27. The number of carbonyl (C=O) groups excluding carboxylic acids is 3. The van der Waals surface area contributed by atoms with E-state index < -0.39 is 11.8 Å². The molecule has 2 amide bonds. The highest BCUT2D eigenvalue weighted by Crippen LogP contribution is 2.61. The largest absolute Gasteiger partial charge is 0.495 e. The number of imide groups is 1. The smallest absolute Gasteiger partial charge is 0.238 e. The quantitative estimate of drug-likeness (QED) is 0.466. The topological polar surface area (TPSA) is 63.7 Å². The zero-order valence-electron chi connectivity index (χ0n) is 17.7. The number of rotatable bonds is 3. The molecule has 2 atom stereocenters.